The number of aromatic nitrogens is 4. The van der Waals surface area contributed by atoms with Gasteiger partial charge in [-0.3, -0.25) is 23.7 Å². The standard InChI is InChI=1S/C19H19N5O4/c1-22-16-13(18(26)23(2)19(22)27)3-4-14(21-16)15-11-24(9-10-28-15)17(25)12-5-7-20-8-6-12/h3-8,15H,9-11H2,1-2H3/t15-/m0/s1. The molecule has 144 valence electrons. The number of ether oxygens (including phenoxy) is 1. The number of hydrogen-bond acceptors (Lipinski definition) is 6. The molecule has 9 nitrogen and oxygen atoms in total. The number of morpholine rings is 1. The molecule has 1 aliphatic rings. The average Bonchev–Trinajstić information content (AvgIpc) is 2.76. The number of amides is 1. The molecule has 3 aromatic rings. The number of rotatable bonds is 2. The highest BCUT2D eigenvalue weighted by Gasteiger charge is 2.27. The zero-order chi connectivity index (χ0) is 19.8. The molecule has 9 heteroatoms. The molecule has 1 atom stereocenters. The van der Waals surface area contributed by atoms with Crippen LogP contribution in [0.25, 0.3) is 11.0 Å². The Kier molecular flexibility index (Phi) is 4.52. The Morgan fingerprint density at radius 1 is 1.11 bits per heavy atom. The minimum Gasteiger partial charge on any atom is -0.368 e. The van der Waals surface area contributed by atoms with E-state index in [0.717, 1.165) is 4.57 Å². The average molecular weight is 381 g/mol. The lowest BCUT2D eigenvalue weighted by Gasteiger charge is -2.32. The fourth-order valence-electron chi connectivity index (χ4n) is 3.34. The molecule has 0 N–H and O–H groups in total. The van der Waals surface area contributed by atoms with Crippen molar-refractivity contribution in [3.05, 3.63) is 68.8 Å². The summed E-state index contributed by atoms with van der Waals surface area (Å²) in [5.74, 6) is -0.0993. The highest BCUT2D eigenvalue weighted by molar-refractivity contribution is 5.94. The van der Waals surface area contributed by atoms with Crippen LogP contribution in [0.15, 0.2) is 46.2 Å². The normalized spacial score (nSPS) is 17.1. The molecule has 1 amide bonds. The predicted octanol–water partition coefficient (Wildman–Crippen LogP) is 0.241. The van der Waals surface area contributed by atoms with Crippen LogP contribution < -0.4 is 11.2 Å². The lowest BCUT2D eigenvalue weighted by molar-refractivity contribution is -0.0246. The molecule has 0 radical (unpaired) electrons. The van der Waals surface area contributed by atoms with Crippen LogP contribution >= 0.6 is 0 Å². The van der Waals surface area contributed by atoms with Crippen LogP contribution in [0.1, 0.15) is 22.2 Å². The van der Waals surface area contributed by atoms with E-state index >= 15 is 0 Å². The summed E-state index contributed by atoms with van der Waals surface area (Å²) >= 11 is 0. The Balaban J connectivity index is 1.67. The van der Waals surface area contributed by atoms with Crippen LogP contribution in [0.5, 0.6) is 0 Å². The second kappa shape index (κ2) is 7.01. The molecule has 1 saturated heterocycles. The number of carbonyl (C=O) groups excluding carboxylic acids is 1. The zero-order valence-corrected chi connectivity index (χ0v) is 15.5. The third-order valence-electron chi connectivity index (χ3n) is 4.93. The van der Waals surface area contributed by atoms with Crippen molar-refractivity contribution in [1.29, 1.82) is 0 Å². The van der Waals surface area contributed by atoms with Crippen molar-refractivity contribution in [2.75, 3.05) is 19.7 Å². The van der Waals surface area contributed by atoms with E-state index in [0.29, 0.717) is 42.0 Å². The largest absolute Gasteiger partial charge is 0.368 e. The van der Waals surface area contributed by atoms with Gasteiger partial charge in [0.1, 0.15) is 11.8 Å². The number of pyridine rings is 2. The van der Waals surface area contributed by atoms with Crippen LogP contribution in [0.3, 0.4) is 0 Å². The zero-order valence-electron chi connectivity index (χ0n) is 15.5. The van der Waals surface area contributed by atoms with Gasteiger partial charge in [0.05, 0.1) is 24.2 Å². The molecule has 4 rings (SSSR count). The first-order chi connectivity index (χ1) is 13.5. The molecule has 1 aliphatic heterocycles. The van der Waals surface area contributed by atoms with Gasteiger partial charge in [0, 0.05) is 38.6 Å². The van der Waals surface area contributed by atoms with E-state index in [1.165, 1.54) is 11.6 Å². The lowest BCUT2D eigenvalue weighted by Crippen LogP contribution is -2.42. The number of nitrogens with zero attached hydrogens (tertiary/aromatic N) is 5. The molecule has 28 heavy (non-hydrogen) atoms. The summed E-state index contributed by atoms with van der Waals surface area (Å²) in [6, 6.07) is 6.70. The van der Waals surface area contributed by atoms with E-state index in [1.807, 2.05) is 0 Å². The first kappa shape index (κ1) is 18.1. The summed E-state index contributed by atoms with van der Waals surface area (Å²) in [7, 11) is 3.01. The van der Waals surface area contributed by atoms with Gasteiger partial charge in [-0.05, 0) is 24.3 Å². The summed E-state index contributed by atoms with van der Waals surface area (Å²) < 4.78 is 8.20. The van der Waals surface area contributed by atoms with Gasteiger partial charge in [0.25, 0.3) is 11.5 Å². The minimum absolute atomic E-state index is 0.0993. The fourth-order valence-corrected chi connectivity index (χ4v) is 3.34. The topological polar surface area (TPSA) is 99.3 Å². The minimum atomic E-state index is -0.443. The van der Waals surface area contributed by atoms with Crippen molar-refractivity contribution in [1.82, 2.24) is 24.0 Å². The van der Waals surface area contributed by atoms with Crippen molar-refractivity contribution in [2.45, 2.75) is 6.10 Å². The van der Waals surface area contributed by atoms with Crippen molar-refractivity contribution in [2.24, 2.45) is 14.1 Å². The van der Waals surface area contributed by atoms with Crippen molar-refractivity contribution in [3.63, 3.8) is 0 Å². The summed E-state index contributed by atoms with van der Waals surface area (Å²) in [6.45, 7) is 1.18. The Hall–Kier alpha value is -3.33. The maximum absolute atomic E-state index is 12.7. The number of aryl methyl sites for hydroxylation is 1. The lowest BCUT2D eigenvalue weighted by atomic mass is 10.1. The van der Waals surface area contributed by atoms with Gasteiger partial charge in [-0.1, -0.05) is 0 Å². The van der Waals surface area contributed by atoms with Crippen LogP contribution in [0, 0.1) is 0 Å². The van der Waals surface area contributed by atoms with Gasteiger partial charge in [-0.25, -0.2) is 9.78 Å². The third kappa shape index (κ3) is 2.99. The summed E-state index contributed by atoms with van der Waals surface area (Å²) in [5, 5.41) is 0.355. The molecule has 4 heterocycles. The quantitative estimate of drug-likeness (QED) is 0.631. The maximum atomic E-state index is 12.7. The summed E-state index contributed by atoms with van der Waals surface area (Å²) in [4.78, 5) is 47.3. The van der Waals surface area contributed by atoms with E-state index < -0.39 is 17.4 Å². The van der Waals surface area contributed by atoms with Gasteiger partial charge in [-0.15, -0.1) is 0 Å². The van der Waals surface area contributed by atoms with Gasteiger partial charge in [-0.2, -0.15) is 0 Å². The Morgan fingerprint density at radius 3 is 2.61 bits per heavy atom. The van der Waals surface area contributed by atoms with Gasteiger partial charge in [0.15, 0.2) is 0 Å². The first-order valence-corrected chi connectivity index (χ1v) is 8.85. The van der Waals surface area contributed by atoms with Crippen LogP contribution in [-0.2, 0) is 18.8 Å². The molecule has 0 spiro atoms. The van der Waals surface area contributed by atoms with E-state index in [9.17, 15) is 14.4 Å². The van der Waals surface area contributed by atoms with E-state index in [1.54, 1.807) is 48.6 Å². The molecular weight excluding hydrogens is 362 g/mol. The maximum Gasteiger partial charge on any atom is 0.332 e. The fraction of sp³-hybridized carbons (Fsp3) is 0.316. The Bertz CT molecular complexity index is 1170. The van der Waals surface area contributed by atoms with E-state index in [4.69, 9.17) is 4.74 Å². The van der Waals surface area contributed by atoms with Gasteiger partial charge in [0.2, 0.25) is 0 Å². The summed E-state index contributed by atoms with van der Waals surface area (Å²) in [6.07, 6.45) is 2.72. The number of fused-ring (bicyclic) bond motifs is 1. The molecular formula is C19H19N5O4. The highest BCUT2D eigenvalue weighted by atomic mass is 16.5. The van der Waals surface area contributed by atoms with Crippen LogP contribution in [0.4, 0.5) is 0 Å². The molecule has 0 bridgehead atoms. The van der Waals surface area contributed by atoms with Crippen molar-refractivity contribution >= 4 is 16.9 Å². The van der Waals surface area contributed by atoms with Crippen molar-refractivity contribution < 1.29 is 9.53 Å². The molecule has 3 aromatic heterocycles. The van der Waals surface area contributed by atoms with Crippen LogP contribution in [-0.4, -0.2) is 49.6 Å². The van der Waals surface area contributed by atoms with E-state index in [2.05, 4.69) is 9.97 Å². The molecule has 0 aliphatic carbocycles. The van der Waals surface area contributed by atoms with Crippen molar-refractivity contribution in [3.8, 4) is 0 Å². The predicted molar refractivity (Wildman–Crippen MR) is 101 cm³/mol. The second-order valence-electron chi connectivity index (χ2n) is 6.66. The second-order valence-corrected chi connectivity index (χ2v) is 6.66. The summed E-state index contributed by atoms with van der Waals surface area (Å²) in [5.41, 5.74) is 0.597. The smallest absolute Gasteiger partial charge is 0.332 e. The van der Waals surface area contributed by atoms with E-state index in [-0.39, 0.29) is 5.91 Å². The Labute approximate surface area is 159 Å². The highest BCUT2D eigenvalue weighted by Crippen LogP contribution is 2.23. The Morgan fingerprint density at radius 2 is 1.86 bits per heavy atom. The molecule has 0 saturated carbocycles. The third-order valence-corrected chi connectivity index (χ3v) is 4.93. The molecule has 0 unspecified atom stereocenters. The molecule has 1 fully saturated rings. The number of hydrogen-bond donors (Lipinski definition) is 0. The monoisotopic (exact) mass is 381 g/mol. The SMILES string of the molecule is Cn1c(=O)c2ccc([C@@H]3CN(C(=O)c4ccncc4)CCO3)nc2n(C)c1=O. The van der Waals surface area contributed by atoms with Gasteiger partial charge >= 0.3 is 5.69 Å². The van der Waals surface area contributed by atoms with Crippen LogP contribution in [0.2, 0.25) is 0 Å². The number of carbonyl (C=O) groups is 1. The first-order valence-electron chi connectivity index (χ1n) is 8.85. The molecule has 0 aromatic carbocycles. The van der Waals surface area contributed by atoms with Gasteiger partial charge < -0.3 is 9.64 Å².